The van der Waals surface area contributed by atoms with E-state index in [0.29, 0.717) is 11.1 Å². The third-order valence-electron chi connectivity index (χ3n) is 3.64. The molecule has 0 aliphatic rings. The summed E-state index contributed by atoms with van der Waals surface area (Å²) in [6, 6.07) is 12.4. The molecular weight excluding hydrogens is 304 g/mol. The summed E-state index contributed by atoms with van der Waals surface area (Å²) in [7, 11) is 0. The van der Waals surface area contributed by atoms with E-state index in [2.05, 4.69) is 0 Å². The Morgan fingerprint density at radius 1 is 0.522 bits per heavy atom. The number of halogens is 4. The van der Waals surface area contributed by atoms with Crippen molar-refractivity contribution in [2.75, 3.05) is 0 Å². The first-order chi connectivity index (χ1) is 11.0. The number of hydrogen-bond acceptors (Lipinski definition) is 0. The Morgan fingerprint density at radius 3 is 1.61 bits per heavy atom. The van der Waals surface area contributed by atoms with E-state index >= 15 is 0 Å². The molecule has 3 aromatic carbocycles. The summed E-state index contributed by atoms with van der Waals surface area (Å²) in [5.74, 6) is -3.87. The summed E-state index contributed by atoms with van der Waals surface area (Å²) in [5.41, 5.74) is 1.67. The lowest BCUT2D eigenvalue weighted by Crippen LogP contribution is -1.94. The smallest absolute Gasteiger partial charge is 0.159 e. The second-order valence-electron chi connectivity index (χ2n) is 5.31. The van der Waals surface area contributed by atoms with Gasteiger partial charge in [0.2, 0.25) is 0 Å². The molecule has 0 heterocycles. The Morgan fingerprint density at radius 2 is 1.04 bits per heavy atom. The van der Waals surface area contributed by atoms with Gasteiger partial charge in [-0.15, -0.1) is 0 Å². The molecule has 3 rings (SSSR count). The minimum atomic E-state index is -1.15. The molecule has 0 spiro atoms. The van der Waals surface area contributed by atoms with Crippen molar-refractivity contribution in [2.45, 2.75) is 6.92 Å². The largest absolute Gasteiger partial charge is 0.206 e. The van der Waals surface area contributed by atoms with E-state index in [-0.39, 0.29) is 11.1 Å². The normalized spacial score (nSPS) is 10.8. The maximum Gasteiger partial charge on any atom is 0.159 e. The monoisotopic (exact) mass is 316 g/mol. The standard InChI is InChI=1S/C19H12F4/c1-11-2-4-12(5-3-11)14-9-17(22)19(18(23)10-14)13-6-7-15(20)16(21)8-13/h2-10H,1H3. The molecule has 0 amide bonds. The van der Waals surface area contributed by atoms with Gasteiger partial charge < -0.3 is 0 Å². The van der Waals surface area contributed by atoms with Crippen molar-refractivity contribution in [2.24, 2.45) is 0 Å². The van der Waals surface area contributed by atoms with E-state index in [1.807, 2.05) is 19.1 Å². The topological polar surface area (TPSA) is 0 Å². The molecule has 0 aromatic heterocycles. The first-order valence-electron chi connectivity index (χ1n) is 6.97. The molecule has 0 fully saturated rings. The fourth-order valence-corrected chi connectivity index (χ4v) is 2.41. The van der Waals surface area contributed by atoms with Crippen molar-refractivity contribution in [3.8, 4) is 22.3 Å². The second-order valence-corrected chi connectivity index (χ2v) is 5.31. The maximum atomic E-state index is 14.3. The minimum Gasteiger partial charge on any atom is -0.206 e. The second kappa shape index (κ2) is 5.88. The van der Waals surface area contributed by atoms with Crippen LogP contribution in [0.25, 0.3) is 22.3 Å². The Hall–Kier alpha value is -2.62. The molecule has 23 heavy (non-hydrogen) atoms. The van der Waals surface area contributed by atoms with Crippen LogP contribution in [0.1, 0.15) is 5.56 Å². The van der Waals surface area contributed by atoms with E-state index < -0.39 is 23.3 Å². The van der Waals surface area contributed by atoms with E-state index in [9.17, 15) is 17.6 Å². The number of aryl methyl sites for hydroxylation is 1. The third-order valence-corrected chi connectivity index (χ3v) is 3.64. The van der Waals surface area contributed by atoms with E-state index in [1.54, 1.807) is 12.1 Å². The van der Waals surface area contributed by atoms with Gasteiger partial charge in [0.15, 0.2) is 11.6 Å². The molecule has 0 radical (unpaired) electrons. The summed E-state index contributed by atoms with van der Waals surface area (Å²) in [6.07, 6.45) is 0. The van der Waals surface area contributed by atoms with E-state index in [1.165, 1.54) is 12.1 Å². The highest BCUT2D eigenvalue weighted by Gasteiger charge is 2.15. The Balaban J connectivity index is 2.10. The van der Waals surface area contributed by atoms with Crippen LogP contribution in [0.2, 0.25) is 0 Å². The van der Waals surface area contributed by atoms with Gasteiger partial charge in [-0.1, -0.05) is 35.9 Å². The first-order valence-corrected chi connectivity index (χ1v) is 6.97. The Kier molecular flexibility index (Phi) is 3.90. The molecule has 0 N–H and O–H groups in total. The lowest BCUT2D eigenvalue weighted by molar-refractivity contribution is 0.508. The van der Waals surface area contributed by atoms with Gasteiger partial charge in [0.1, 0.15) is 11.6 Å². The molecule has 0 nitrogen and oxygen atoms in total. The zero-order valence-electron chi connectivity index (χ0n) is 12.2. The molecule has 0 saturated heterocycles. The van der Waals surface area contributed by atoms with Crippen LogP contribution in [0, 0.1) is 30.2 Å². The first kappa shape index (κ1) is 15.3. The van der Waals surface area contributed by atoms with Crippen LogP contribution in [0.5, 0.6) is 0 Å². The zero-order chi connectivity index (χ0) is 16.6. The fourth-order valence-electron chi connectivity index (χ4n) is 2.41. The number of benzene rings is 3. The van der Waals surface area contributed by atoms with Crippen molar-refractivity contribution < 1.29 is 17.6 Å². The van der Waals surface area contributed by atoms with Gasteiger partial charge in [0, 0.05) is 0 Å². The predicted molar refractivity (Wildman–Crippen MR) is 81.9 cm³/mol. The highest BCUT2D eigenvalue weighted by atomic mass is 19.2. The summed E-state index contributed by atoms with van der Waals surface area (Å²) >= 11 is 0. The molecule has 0 bridgehead atoms. The van der Waals surface area contributed by atoms with Crippen LogP contribution in [-0.4, -0.2) is 0 Å². The lowest BCUT2D eigenvalue weighted by atomic mass is 9.98. The van der Waals surface area contributed by atoms with Crippen LogP contribution in [-0.2, 0) is 0 Å². The molecule has 4 heteroatoms. The minimum absolute atomic E-state index is 0.0469. The van der Waals surface area contributed by atoms with Crippen molar-refractivity contribution in [1.29, 1.82) is 0 Å². The fraction of sp³-hybridized carbons (Fsp3) is 0.0526. The summed E-state index contributed by atoms with van der Waals surface area (Å²) in [4.78, 5) is 0. The molecule has 3 aromatic rings. The van der Waals surface area contributed by atoms with Crippen LogP contribution in [0.3, 0.4) is 0 Å². The van der Waals surface area contributed by atoms with Crippen LogP contribution in [0.4, 0.5) is 17.6 Å². The highest BCUT2D eigenvalue weighted by molar-refractivity contribution is 5.71. The van der Waals surface area contributed by atoms with E-state index in [4.69, 9.17) is 0 Å². The van der Waals surface area contributed by atoms with Gasteiger partial charge in [-0.3, -0.25) is 0 Å². The molecule has 0 aliphatic heterocycles. The Bertz CT molecular complexity index is 844. The van der Waals surface area contributed by atoms with Gasteiger partial charge in [-0.05, 0) is 47.9 Å². The van der Waals surface area contributed by atoms with Gasteiger partial charge in [0.05, 0.1) is 5.56 Å². The van der Waals surface area contributed by atoms with Gasteiger partial charge in [-0.25, -0.2) is 17.6 Å². The summed E-state index contributed by atoms with van der Waals surface area (Å²) in [5, 5.41) is 0. The molecule has 116 valence electrons. The summed E-state index contributed by atoms with van der Waals surface area (Å²) in [6.45, 7) is 1.91. The van der Waals surface area contributed by atoms with E-state index in [0.717, 1.165) is 23.8 Å². The van der Waals surface area contributed by atoms with Crippen molar-refractivity contribution >= 4 is 0 Å². The quantitative estimate of drug-likeness (QED) is 0.517. The van der Waals surface area contributed by atoms with Crippen molar-refractivity contribution in [1.82, 2.24) is 0 Å². The molecule has 0 saturated carbocycles. The van der Waals surface area contributed by atoms with Gasteiger partial charge in [-0.2, -0.15) is 0 Å². The predicted octanol–water partition coefficient (Wildman–Crippen LogP) is 5.89. The van der Waals surface area contributed by atoms with Crippen LogP contribution >= 0.6 is 0 Å². The SMILES string of the molecule is Cc1ccc(-c2cc(F)c(-c3ccc(F)c(F)c3)c(F)c2)cc1. The van der Waals surface area contributed by atoms with Gasteiger partial charge in [0.25, 0.3) is 0 Å². The molecule has 0 atom stereocenters. The van der Waals surface area contributed by atoms with Crippen molar-refractivity contribution in [3.05, 3.63) is 83.4 Å². The highest BCUT2D eigenvalue weighted by Crippen LogP contribution is 2.31. The molecular formula is C19H12F4. The maximum absolute atomic E-state index is 14.3. The van der Waals surface area contributed by atoms with Gasteiger partial charge >= 0.3 is 0 Å². The third kappa shape index (κ3) is 2.97. The lowest BCUT2D eigenvalue weighted by Gasteiger charge is -2.09. The molecule has 0 unspecified atom stereocenters. The Labute approximate surface area is 131 Å². The average molecular weight is 316 g/mol. The summed E-state index contributed by atoms with van der Waals surface area (Å²) < 4.78 is 54.9. The molecule has 0 aliphatic carbocycles. The van der Waals surface area contributed by atoms with Crippen LogP contribution < -0.4 is 0 Å². The zero-order valence-corrected chi connectivity index (χ0v) is 12.2. The number of rotatable bonds is 2. The average Bonchev–Trinajstić information content (AvgIpc) is 2.51. The van der Waals surface area contributed by atoms with Crippen LogP contribution in [0.15, 0.2) is 54.6 Å². The number of hydrogen-bond donors (Lipinski definition) is 0. The van der Waals surface area contributed by atoms with Crippen molar-refractivity contribution in [3.63, 3.8) is 0 Å².